The predicted octanol–water partition coefficient (Wildman–Crippen LogP) is 3.87. The average Bonchev–Trinajstić information content (AvgIpc) is 2.37. The van der Waals surface area contributed by atoms with Crippen LogP contribution in [0.5, 0.6) is 5.75 Å². The minimum absolute atomic E-state index is 0.368. The maximum atomic E-state index is 13.2. The third-order valence-corrected chi connectivity index (χ3v) is 3.23. The van der Waals surface area contributed by atoms with Gasteiger partial charge in [0.2, 0.25) is 0 Å². The molecule has 0 aliphatic rings. The van der Waals surface area contributed by atoms with Gasteiger partial charge < -0.3 is 10.5 Å². The first-order chi connectivity index (χ1) is 9.49. The molecule has 20 heavy (non-hydrogen) atoms. The SMILES string of the molecule is COc1ccc(Cl)cc1CC(N)c1cc(F)cc(F)c1. The van der Waals surface area contributed by atoms with Gasteiger partial charge in [0, 0.05) is 17.1 Å². The number of ether oxygens (including phenoxy) is 1. The summed E-state index contributed by atoms with van der Waals surface area (Å²) in [7, 11) is 1.54. The van der Waals surface area contributed by atoms with E-state index >= 15 is 0 Å². The van der Waals surface area contributed by atoms with Gasteiger partial charge in [0.1, 0.15) is 17.4 Å². The molecule has 0 saturated carbocycles. The Hall–Kier alpha value is -1.65. The molecule has 0 spiro atoms. The molecule has 2 N–H and O–H groups in total. The van der Waals surface area contributed by atoms with Gasteiger partial charge in [-0.25, -0.2) is 8.78 Å². The van der Waals surface area contributed by atoms with E-state index in [0.29, 0.717) is 22.8 Å². The first-order valence-electron chi connectivity index (χ1n) is 6.03. The molecule has 0 aliphatic carbocycles. The summed E-state index contributed by atoms with van der Waals surface area (Å²) in [5.41, 5.74) is 7.19. The highest BCUT2D eigenvalue weighted by Crippen LogP contribution is 2.27. The second-order valence-corrected chi connectivity index (χ2v) is 4.91. The first-order valence-corrected chi connectivity index (χ1v) is 6.41. The second-order valence-electron chi connectivity index (χ2n) is 4.47. The van der Waals surface area contributed by atoms with Crippen LogP contribution in [0, 0.1) is 11.6 Å². The van der Waals surface area contributed by atoms with Crippen LogP contribution in [-0.4, -0.2) is 7.11 Å². The highest BCUT2D eigenvalue weighted by Gasteiger charge is 2.13. The van der Waals surface area contributed by atoms with Crippen molar-refractivity contribution in [2.45, 2.75) is 12.5 Å². The van der Waals surface area contributed by atoms with E-state index in [0.717, 1.165) is 11.6 Å². The van der Waals surface area contributed by atoms with Crippen LogP contribution < -0.4 is 10.5 Å². The zero-order chi connectivity index (χ0) is 14.7. The molecule has 0 fully saturated rings. The number of rotatable bonds is 4. The largest absolute Gasteiger partial charge is 0.496 e. The van der Waals surface area contributed by atoms with Gasteiger partial charge >= 0.3 is 0 Å². The molecular formula is C15H14ClF2NO. The van der Waals surface area contributed by atoms with Gasteiger partial charge in [0.25, 0.3) is 0 Å². The molecule has 0 amide bonds. The minimum atomic E-state index is -0.645. The molecule has 2 aromatic carbocycles. The lowest BCUT2D eigenvalue weighted by Gasteiger charge is -2.15. The highest BCUT2D eigenvalue weighted by atomic mass is 35.5. The van der Waals surface area contributed by atoms with Gasteiger partial charge in [-0.2, -0.15) is 0 Å². The van der Waals surface area contributed by atoms with Crippen LogP contribution in [0.1, 0.15) is 17.2 Å². The topological polar surface area (TPSA) is 35.2 Å². The van der Waals surface area contributed by atoms with E-state index in [2.05, 4.69) is 0 Å². The van der Waals surface area contributed by atoms with Crippen molar-refractivity contribution in [1.82, 2.24) is 0 Å². The van der Waals surface area contributed by atoms with E-state index in [-0.39, 0.29) is 0 Å². The fourth-order valence-corrected chi connectivity index (χ4v) is 2.25. The molecule has 0 aromatic heterocycles. The van der Waals surface area contributed by atoms with Gasteiger partial charge in [-0.1, -0.05) is 11.6 Å². The predicted molar refractivity (Wildman–Crippen MR) is 75.0 cm³/mol. The monoisotopic (exact) mass is 297 g/mol. The number of benzene rings is 2. The fraction of sp³-hybridized carbons (Fsp3) is 0.200. The summed E-state index contributed by atoms with van der Waals surface area (Å²) >= 11 is 5.94. The zero-order valence-electron chi connectivity index (χ0n) is 10.9. The van der Waals surface area contributed by atoms with E-state index < -0.39 is 17.7 Å². The second kappa shape index (κ2) is 6.20. The first kappa shape index (κ1) is 14.8. The zero-order valence-corrected chi connectivity index (χ0v) is 11.6. The molecule has 1 atom stereocenters. The number of hydrogen-bond donors (Lipinski definition) is 1. The van der Waals surface area contributed by atoms with Gasteiger partial charge in [-0.05, 0) is 47.9 Å². The van der Waals surface area contributed by atoms with Crippen LogP contribution in [0.15, 0.2) is 36.4 Å². The van der Waals surface area contributed by atoms with Gasteiger partial charge in [0.05, 0.1) is 7.11 Å². The summed E-state index contributed by atoms with van der Waals surface area (Å²) in [5, 5.41) is 0.554. The lowest BCUT2D eigenvalue weighted by atomic mass is 9.99. The van der Waals surface area contributed by atoms with E-state index in [1.165, 1.54) is 12.1 Å². The van der Waals surface area contributed by atoms with Crippen molar-refractivity contribution in [3.63, 3.8) is 0 Å². The fourth-order valence-electron chi connectivity index (χ4n) is 2.05. The van der Waals surface area contributed by atoms with Crippen molar-refractivity contribution < 1.29 is 13.5 Å². The van der Waals surface area contributed by atoms with Gasteiger partial charge in [0.15, 0.2) is 0 Å². The van der Waals surface area contributed by atoms with Gasteiger partial charge in [-0.15, -0.1) is 0 Å². The highest BCUT2D eigenvalue weighted by molar-refractivity contribution is 6.30. The van der Waals surface area contributed by atoms with Crippen molar-refractivity contribution in [2.24, 2.45) is 5.73 Å². The molecular weight excluding hydrogens is 284 g/mol. The van der Waals surface area contributed by atoms with Crippen molar-refractivity contribution in [3.05, 3.63) is 64.2 Å². The summed E-state index contributed by atoms with van der Waals surface area (Å²) in [6, 6.07) is 7.89. The standard InChI is InChI=1S/C15H14ClF2NO/c1-20-15-3-2-11(16)4-10(15)7-14(19)9-5-12(17)8-13(18)6-9/h2-6,8,14H,7,19H2,1H3. The van der Waals surface area contributed by atoms with Gasteiger partial charge in [-0.3, -0.25) is 0 Å². The summed E-state index contributed by atoms with van der Waals surface area (Å²) in [6.45, 7) is 0. The third kappa shape index (κ3) is 3.46. The molecule has 0 saturated heterocycles. The molecule has 0 bridgehead atoms. The average molecular weight is 298 g/mol. The number of nitrogens with two attached hydrogens (primary N) is 1. The van der Waals surface area contributed by atoms with Crippen LogP contribution in [-0.2, 0) is 6.42 Å². The Bertz CT molecular complexity index is 599. The summed E-state index contributed by atoms with van der Waals surface area (Å²) in [4.78, 5) is 0. The lowest BCUT2D eigenvalue weighted by Crippen LogP contribution is -2.14. The summed E-state index contributed by atoms with van der Waals surface area (Å²) < 4.78 is 31.6. The van der Waals surface area contributed by atoms with Crippen molar-refractivity contribution in [1.29, 1.82) is 0 Å². The summed E-state index contributed by atoms with van der Waals surface area (Å²) in [5.74, 6) is -0.649. The van der Waals surface area contributed by atoms with Crippen molar-refractivity contribution >= 4 is 11.6 Å². The molecule has 106 valence electrons. The maximum absolute atomic E-state index is 13.2. The molecule has 2 rings (SSSR count). The molecule has 0 radical (unpaired) electrons. The minimum Gasteiger partial charge on any atom is -0.496 e. The van der Waals surface area contributed by atoms with E-state index in [1.807, 2.05) is 0 Å². The van der Waals surface area contributed by atoms with E-state index in [9.17, 15) is 8.78 Å². The van der Waals surface area contributed by atoms with Crippen LogP contribution >= 0.6 is 11.6 Å². The van der Waals surface area contributed by atoms with Crippen molar-refractivity contribution in [3.8, 4) is 5.75 Å². The lowest BCUT2D eigenvalue weighted by molar-refractivity contribution is 0.408. The van der Waals surface area contributed by atoms with Crippen LogP contribution in [0.2, 0.25) is 5.02 Å². The third-order valence-electron chi connectivity index (χ3n) is 3.00. The molecule has 1 unspecified atom stereocenters. The molecule has 2 aromatic rings. The maximum Gasteiger partial charge on any atom is 0.126 e. The molecule has 5 heteroatoms. The Morgan fingerprint density at radius 3 is 2.40 bits per heavy atom. The number of methoxy groups -OCH3 is 1. The Labute approximate surface area is 121 Å². The molecule has 2 nitrogen and oxygen atoms in total. The Balaban J connectivity index is 2.27. The van der Waals surface area contributed by atoms with E-state index in [1.54, 1.807) is 25.3 Å². The Kier molecular flexibility index (Phi) is 4.57. The van der Waals surface area contributed by atoms with Crippen LogP contribution in [0.4, 0.5) is 8.78 Å². The normalized spacial score (nSPS) is 12.2. The Morgan fingerprint density at radius 2 is 1.80 bits per heavy atom. The summed E-state index contributed by atoms with van der Waals surface area (Å²) in [6.07, 6.45) is 0.368. The van der Waals surface area contributed by atoms with Crippen LogP contribution in [0.25, 0.3) is 0 Å². The quantitative estimate of drug-likeness (QED) is 0.930. The smallest absolute Gasteiger partial charge is 0.126 e. The number of hydrogen-bond acceptors (Lipinski definition) is 2. The van der Waals surface area contributed by atoms with E-state index in [4.69, 9.17) is 22.1 Å². The van der Waals surface area contributed by atoms with Crippen molar-refractivity contribution in [2.75, 3.05) is 7.11 Å². The Morgan fingerprint density at radius 1 is 1.15 bits per heavy atom. The van der Waals surface area contributed by atoms with Crippen LogP contribution in [0.3, 0.4) is 0 Å². The molecule has 0 heterocycles. The molecule has 0 aliphatic heterocycles. The number of halogens is 3.